The van der Waals surface area contributed by atoms with E-state index in [0.29, 0.717) is 17.1 Å². The summed E-state index contributed by atoms with van der Waals surface area (Å²) >= 11 is 0. The number of hydrogen-bond donors (Lipinski definition) is 1. The number of halogens is 1. The van der Waals surface area contributed by atoms with Crippen molar-refractivity contribution in [1.82, 2.24) is 5.32 Å². The first-order chi connectivity index (χ1) is 13.6. The Hall–Kier alpha value is -2.81. The molecule has 158 valence electrons. The number of nitrogens with zero attached hydrogens (tertiary/aromatic N) is 1. The van der Waals surface area contributed by atoms with E-state index < -0.39 is 33.8 Å². The lowest BCUT2D eigenvalue weighted by Crippen LogP contribution is -2.48. The van der Waals surface area contributed by atoms with Crippen molar-refractivity contribution in [2.45, 2.75) is 25.9 Å². The van der Waals surface area contributed by atoms with Gasteiger partial charge in [-0.15, -0.1) is 0 Å². The molecule has 0 radical (unpaired) electrons. The van der Waals surface area contributed by atoms with Gasteiger partial charge in [0.2, 0.25) is 15.9 Å². The molecule has 2 rings (SSSR count). The number of carbonyl (C=O) groups excluding carboxylic acids is 1. The smallest absolute Gasteiger partial charge is 0.244 e. The summed E-state index contributed by atoms with van der Waals surface area (Å²) in [4.78, 5) is 12.8. The molecule has 0 aliphatic rings. The number of amides is 1. The van der Waals surface area contributed by atoms with Gasteiger partial charge < -0.3 is 14.8 Å². The van der Waals surface area contributed by atoms with Gasteiger partial charge in [-0.05, 0) is 44.2 Å². The van der Waals surface area contributed by atoms with Crippen molar-refractivity contribution in [2.75, 3.05) is 24.8 Å². The van der Waals surface area contributed by atoms with E-state index in [1.807, 2.05) is 0 Å². The van der Waals surface area contributed by atoms with E-state index in [1.54, 1.807) is 25.1 Å². The van der Waals surface area contributed by atoms with Gasteiger partial charge in [-0.3, -0.25) is 9.10 Å². The van der Waals surface area contributed by atoms with Gasteiger partial charge in [0.15, 0.2) is 0 Å². The summed E-state index contributed by atoms with van der Waals surface area (Å²) in [5.74, 6) is -0.199. The highest BCUT2D eigenvalue weighted by Crippen LogP contribution is 2.30. The lowest BCUT2D eigenvalue weighted by atomic mass is 10.1. The summed E-state index contributed by atoms with van der Waals surface area (Å²) in [6.07, 6.45) is 0.928. The van der Waals surface area contributed by atoms with Gasteiger partial charge in [-0.2, -0.15) is 0 Å². The van der Waals surface area contributed by atoms with E-state index in [0.717, 1.165) is 16.6 Å². The molecule has 7 nitrogen and oxygen atoms in total. The van der Waals surface area contributed by atoms with E-state index in [2.05, 4.69) is 5.32 Å². The van der Waals surface area contributed by atoms with E-state index >= 15 is 0 Å². The molecule has 9 heteroatoms. The van der Waals surface area contributed by atoms with Crippen molar-refractivity contribution in [3.05, 3.63) is 53.8 Å². The number of sulfonamides is 1. The molecule has 0 fully saturated rings. The Morgan fingerprint density at radius 1 is 1.10 bits per heavy atom. The second-order valence-electron chi connectivity index (χ2n) is 6.52. The first-order valence-electron chi connectivity index (χ1n) is 8.86. The molecule has 0 saturated heterocycles. The minimum Gasteiger partial charge on any atom is -0.497 e. The van der Waals surface area contributed by atoms with Gasteiger partial charge in [0, 0.05) is 5.56 Å². The van der Waals surface area contributed by atoms with E-state index in [-0.39, 0.29) is 5.69 Å². The van der Waals surface area contributed by atoms with Crippen molar-refractivity contribution in [3.63, 3.8) is 0 Å². The number of rotatable bonds is 8. The number of methoxy groups -OCH3 is 2. The van der Waals surface area contributed by atoms with Crippen LogP contribution in [-0.4, -0.2) is 40.8 Å². The zero-order chi connectivity index (χ0) is 21.8. The highest BCUT2D eigenvalue weighted by Gasteiger charge is 2.31. The average Bonchev–Trinajstić information content (AvgIpc) is 2.67. The molecule has 2 aromatic rings. The number of nitrogens with one attached hydrogen (secondary N) is 1. The van der Waals surface area contributed by atoms with Crippen LogP contribution >= 0.6 is 0 Å². The number of hydrogen-bond acceptors (Lipinski definition) is 5. The normalized spacial score (nSPS) is 13.3. The quantitative estimate of drug-likeness (QED) is 0.704. The van der Waals surface area contributed by atoms with Crippen LogP contribution in [0, 0.1) is 5.82 Å². The monoisotopic (exact) mass is 424 g/mol. The van der Waals surface area contributed by atoms with Crippen LogP contribution in [0.3, 0.4) is 0 Å². The first-order valence-corrected chi connectivity index (χ1v) is 10.7. The lowest BCUT2D eigenvalue weighted by molar-refractivity contribution is -0.122. The van der Waals surface area contributed by atoms with Gasteiger partial charge in [0.1, 0.15) is 23.4 Å². The number of benzene rings is 2. The Kier molecular flexibility index (Phi) is 7.07. The largest absolute Gasteiger partial charge is 0.497 e. The summed E-state index contributed by atoms with van der Waals surface area (Å²) in [6, 6.07) is 8.87. The number of carbonyl (C=O) groups is 1. The third-order valence-corrected chi connectivity index (χ3v) is 5.67. The van der Waals surface area contributed by atoms with Crippen LogP contribution < -0.4 is 19.1 Å². The molecule has 0 unspecified atom stereocenters. The molecule has 0 saturated carbocycles. The predicted octanol–water partition coefficient (Wildman–Crippen LogP) is 2.87. The third kappa shape index (κ3) is 5.17. The molecule has 2 atom stereocenters. The molecule has 0 aromatic heterocycles. The zero-order valence-corrected chi connectivity index (χ0v) is 17.8. The summed E-state index contributed by atoms with van der Waals surface area (Å²) in [5.41, 5.74) is 0.466. The number of para-hydroxylation sites is 1. The Bertz CT molecular complexity index is 981. The highest BCUT2D eigenvalue weighted by atomic mass is 32.2. The van der Waals surface area contributed by atoms with Crippen molar-refractivity contribution in [2.24, 2.45) is 0 Å². The maximum atomic E-state index is 14.2. The van der Waals surface area contributed by atoms with Crippen LogP contribution in [-0.2, 0) is 14.8 Å². The van der Waals surface area contributed by atoms with Crippen LogP contribution in [0.4, 0.5) is 10.1 Å². The highest BCUT2D eigenvalue weighted by molar-refractivity contribution is 7.92. The first kappa shape index (κ1) is 22.5. The summed E-state index contributed by atoms with van der Waals surface area (Å²) in [7, 11) is -0.892. The molecule has 1 amide bonds. The van der Waals surface area contributed by atoms with E-state index in [1.165, 1.54) is 39.3 Å². The molecular weight excluding hydrogens is 399 g/mol. The second-order valence-corrected chi connectivity index (χ2v) is 8.38. The van der Waals surface area contributed by atoms with Gasteiger partial charge in [0.25, 0.3) is 0 Å². The third-order valence-electron chi connectivity index (χ3n) is 4.44. The second kappa shape index (κ2) is 9.13. The molecule has 0 spiro atoms. The van der Waals surface area contributed by atoms with Gasteiger partial charge in [0.05, 0.1) is 32.2 Å². The fourth-order valence-corrected chi connectivity index (χ4v) is 4.18. The molecule has 2 aromatic carbocycles. The minimum absolute atomic E-state index is 0.190. The van der Waals surface area contributed by atoms with Crippen LogP contribution in [0.2, 0.25) is 0 Å². The maximum Gasteiger partial charge on any atom is 0.244 e. The van der Waals surface area contributed by atoms with Crippen molar-refractivity contribution < 1.29 is 27.1 Å². The molecule has 0 aliphatic heterocycles. The SMILES string of the molecule is COc1ccc(OC)c([C@@H](C)NC(=O)[C@H](C)N(c2ccccc2F)S(C)(=O)=O)c1. The predicted molar refractivity (Wildman–Crippen MR) is 109 cm³/mol. The van der Waals surface area contributed by atoms with E-state index in [9.17, 15) is 17.6 Å². The molecule has 29 heavy (non-hydrogen) atoms. The number of anilines is 1. The standard InChI is InChI=1S/C20H25FN2O5S/c1-13(16-12-15(27-3)10-11-19(16)28-4)22-20(24)14(2)23(29(5,25)26)18-9-7-6-8-17(18)21/h6-14H,1-5H3,(H,22,24)/t13-,14+/m1/s1. The summed E-state index contributed by atoms with van der Waals surface area (Å²) in [6.45, 7) is 3.13. The van der Waals surface area contributed by atoms with Gasteiger partial charge >= 0.3 is 0 Å². The topological polar surface area (TPSA) is 84.9 Å². The van der Waals surface area contributed by atoms with Crippen LogP contribution in [0.15, 0.2) is 42.5 Å². The lowest BCUT2D eigenvalue weighted by Gasteiger charge is -2.29. The Morgan fingerprint density at radius 3 is 2.31 bits per heavy atom. The van der Waals surface area contributed by atoms with Gasteiger partial charge in [-0.25, -0.2) is 12.8 Å². The van der Waals surface area contributed by atoms with Crippen LogP contribution in [0.5, 0.6) is 11.5 Å². The molecule has 0 bridgehead atoms. The van der Waals surface area contributed by atoms with E-state index in [4.69, 9.17) is 9.47 Å². The minimum atomic E-state index is -3.92. The van der Waals surface area contributed by atoms with Crippen molar-refractivity contribution >= 4 is 21.6 Å². The fourth-order valence-electron chi connectivity index (χ4n) is 3.00. The molecular formula is C20H25FN2O5S. The maximum absolute atomic E-state index is 14.2. The van der Waals surface area contributed by atoms with Crippen LogP contribution in [0.25, 0.3) is 0 Å². The summed E-state index contributed by atoms with van der Waals surface area (Å²) in [5, 5.41) is 2.76. The van der Waals surface area contributed by atoms with Gasteiger partial charge in [-0.1, -0.05) is 12.1 Å². The Morgan fingerprint density at radius 2 is 1.76 bits per heavy atom. The molecule has 0 heterocycles. The molecule has 0 aliphatic carbocycles. The molecule has 1 N–H and O–H groups in total. The van der Waals surface area contributed by atoms with Crippen LogP contribution in [0.1, 0.15) is 25.5 Å². The van der Waals surface area contributed by atoms with Crippen molar-refractivity contribution in [3.8, 4) is 11.5 Å². The Labute approximate surface area is 170 Å². The fraction of sp³-hybridized carbons (Fsp3) is 0.350. The summed E-state index contributed by atoms with van der Waals surface area (Å²) < 4.78 is 50.2. The Balaban J connectivity index is 2.32. The zero-order valence-electron chi connectivity index (χ0n) is 17.0. The van der Waals surface area contributed by atoms with Crippen molar-refractivity contribution in [1.29, 1.82) is 0 Å². The average molecular weight is 424 g/mol. The number of ether oxygens (including phenoxy) is 2.